The molecule has 132 valence electrons. The number of nitrogens with one attached hydrogen (secondary N) is 1. The van der Waals surface area contributed by atoms with Gasteiger partial charge in [-0.15, -0.1) is 0 Å². The van der Waals surface area contributed by atoms with Crippen LogP contribution in [0.2, 0.25) is 0 Å². The molecule has 26 heavy (non-hydrogen) atoms. The van der Waals surface area contributed by atoms with Gasteiger partial charge in [0, 0.05) is 12.3 Å². The van der Waals surface area contributed by atoms with Gasteiger partial charge in [0.2, 0.25) is 5.76 Å². The molecule has 0 bridgehead atoms. The third-order valence-electron chi connectivity index (χ3n) is 4.76. The molecule has 1 aliphatic carbocycles. The van der Waals surface area contributed by atoms with Crippen LogP contribution < -0.4 is 5.32 Å². The lowest BCUT2D eigenvalue weighted by Gasteiger charge is -2.34. The molecule has 6 heteroatoms. The van der Waals surface area contributed by atoms with Crippen LogP contribution in [0, 0.1) is 0 Å². The van der Waals surface area contributed by atoms with Crippen LogP contribution in [0.15, 0.2) is 59.3 Å². The second kappa shape index (κ2) is 6.72. The highest BCUT2D eigenvalue weighted by Crippen LogP contribution is 2.34. The summed E-state index contributed by atoms with van der Waals surface area (Å²) in [7, 11) is 0. The molecule has 1 aromatic carbocycles. The van der Waals surface area contributed by atoms with Gasteiger partial charge >= 0.3 is 0 Å². The van der Waals surface area contributed by atoms with Crippen molar-refractivity contribution in [3.63, 3.8) is 0 Å². The molecule has 1 aliphatic rings. The second-order valence-corrected chi connectivity index (χ2v) is 6.52. The number of pyridine rings is 1. The maximum atomic E-state index is 12.4. The quantitative estimate of drug-likeness (QED) is 0.756. The minimum atomic E-state index is -1.06. The Kier molecular flexibility index (Phi) is 4.26. The van der Waals surface area contributed by atoms with Gasteiger partial charge in [-0.3, -0.25) is 9.78 Å². The Balaban J connectivity index is 1.47. The Bertz CT molecular complexity index is 923. The summed E-state index contributed by atoms with van der Waals surface area (Å²) in [5.74, 6) is -0.311. The number of fused-ring (bicyclic) bond motifs is 1. The number of amides is 1. The number of rotatable bonds is 4. The fourth-order valence-electron chi connectivity index (χ4n) is 3.41. The summed E-state index contributed by atoms with van der Waals surface area (Å²) in [6, 6.07) is 14.8. The molecule has 0 spiro atoms. The van der Waals surface area contributed by atoms with Crippen LogP contribution in [0.25, 0.3) is 11.4 Å². The predicted octanol–water partition coefficient (Wildman–Crippen LogP) is 2.69. The molecule has 1 atom stereocenters. The number of benzene rings is 1. The number of aryl methyl sites for hydroxylation is 1. The molecule has 2 N–H and O–H groups in total. The highest BCUT2D eigenvalue weighted by molar-refractivity contribution is 5.92. The topological polar surface area (TPSA) is 88.2 Å². The first-order valence-corrected chi connectivity index (χ1v) is 8.63. The fraction of sp³-hybridized carbons (Fsp3) is 0.250. The molecular weight excluding hydrogens is 330 g/mol. The van der Waals surface area contributed by atoms with Gasteiger partial charge in [-0.2, -0.15) is 0 Å². The maximum Gasteiger partial charge on any atom is 0.290 e. The standard InChI is InChI=1S/C20H19N3O3/c24-19(18-12-17(23-26-18)16-9-3-4-11-21-16)22-13-20(25)10-5-7-14-6-1-2-8-15(14)20/h1-4,6,8-9,11-12,25H,5,7,10,13H2,(H,22,24). The molecule has 3 aromatic rings. The summed E-state index contributed by atoms with van der Waals surface area (Å²) in [6.07, 6.45) is 4.09. The highest BCUT2D eigenvalue weighted by atomic mass is 16.5. The smallest absolute Gasteiger partial charge is 0.290 e. The molecule has 1 amide bonds. The summed E-state index contributed by atoms with van der Waals surface area (Å²) in [5.41, 5.74) is 2.09. The lowest BCUT2D eigenvalue weighted by Crippen LogP contribution is -2.42. The van der Waals surface area contributed by atoms with E-state index in [0.29, 0.717) is 17.8 Å². The van der Waals surface area contributed by atoms with Crippen molar-refractivity contribution in [1.82, 2.24) is 15.5 Å². The SMILES string of the molecule is O=C(NCC1(O)CCCc2ccccc21)c1cc(-c2ccccn2)no1. The Morgan fingerprint density at radius 3 is 2.88 bits per heavy atom. The third-order valence-corrected chi connectivity index (χ3v) is 4.76. The summed E-state index contributed by atoms with van der Waals surface area (Å²) in [4.78, 5) is 16.6. The molecule has 0 fully saturated rings. The van der Waals surface area contributed by atoms with Crippen molar-refractivity contribution in [2.45, 2.75) is 24.9 Å². The van der Waals surface area contributed by atoms with E-state index in [9.17, 15) is 9.90 Å². The number of carbonyl (C=O) groups excluding carboxylic acids is 1. The van der Waals surface area contributed by atoms with E-state index in [1.165, 1.54) is 0 Å². The van der Waals surface area contributed by atoms with Crippen LogP contribution in [-0.4, -0.2) is 27.7 Å². The van der Waals surface area contributed by atoms with E-state index in [1.807, 2.05) is 30.3 Å². The van der Waals surface area contributed by atoms with Gasteiger partial charge in [-0.25, -0.2) is 0 Å². The van der Waals surface area contributed by atoms with Crippen LogP contribution in [0.5, 0.6) is 0 Å². The number of hydrogen-bond donors (Lipinski definition) is 2. The van der Waals surface area contributed by atoms with Gasteiger partial charge in [-0.1, -0.05) is 35.5 Å². The number of aliphatic hydroxyl groups is 1. The van der Waals surface area contributed by atoms with Crippen LogP contribution in [-0.2, 0) is 12.0 Å². The molecule has 6 nitrogen and oxygen atoms in total. The van der Waals surface area contributed by atoms with E-state index < -0.39 is 11.5 Å². The van der Waals surface area contributed by atoms with Gasteiger partial charge in [0.05, 0.1) is 12.2 Å². The predicted molar refractivity (Wildman–Crippen MR) is 95.3 cm³/mol. The van der Waals surface area contributed by atoms with Crippen LogP contribution in [0.1, 0.15) is 34.5 Å². The first kappa shape index (κ1) is 16.5. The molecule has 4 rings (SSSR count). The number of carbonyl (C=O) groups is 1. The molecular formula is C20H19N3O3. The van der Waals surface area contributed by atoms with Gasteiger partial charge in [0.15, 0.2) is 0 Å². The van der Waals surface area contributed by atoms with Crippen molar-refractivity contribution in [2.24, 2.45) is 0 Å². The fourth-order valence-corrected chi connectivity index (χ4v) is 3.41. The zero-order valence-electron chi connectivity index (χ0n) is 14.2. The highest BCUT2D eigenvalue weighted by Gasteiger charge is 2.34. The van der Waals surface area contributed by atoms with Crippen molar-refractivity contribution >= 4 is 5.91 Å². The Hall–Kier alpha value is -2.99. The van der Waals surface area contributed by atoms with Crippen molar-refractivity contribution < 1.29 is 14.4 Å². The van der Waals surface area contributed by atoms with E-state index >= 15 is 0 Å². The largest absolute Gasteiger partial charge is 0.383 e. The molecule has 0 saturated carbocycles. The Morgan fingerprint density at radius 1 is 1.19 bits per heavy atom. The Morgan fingerprint density at radius 2 is 2.04 bits per heavy atom. The van der Waals surface area contributed by atoms with Gasteiger partial charge in [-0.05, 0) is 42.5 Å². The molecule has 0 radical (unpaired) electrons. The molecule has 1 unspecified atom stereocenters. The van der Waals surface area contributed by atoms with Crippen molar-refractivity contribution in [3.05, 3.63) is 71.6 Å². The lowest BCUT2D eigenvalue weighted by molar-refractivity contribution is 0.0185. The van der Waals surface area contributed by atoms with E-state index in [0.717, 1.165) is 24.0 Å². The van der Waals surface area contributed by atoms with Crippen LogP contribution in [0.4, 0.5) is 0 Å². The molecule has 0 aliphatic heterocycles. The summed E-state index contributed by atoms with van der Waals surface area (Å²) in [6.45, 7) is 0.127. The zero-order valence-corrected chi connectivity index (χ0v) is 14.2. The number of hydrogen-bond acceptors (Lipinski definition) is 5. The van der Waals surface area contributed by atoms with E-state index in [2.05, 4.69) is 15.5 Å². The minimum absolute atomic E-state index is 0.0957. The first-order chi connectivity index (χ1) is 12.7. The van der Waals surface area contributed by atoms with Crippen molar-refractivity contribution in [1.29, 1.82) is 0 Å². The minimum Gasteiger partial charge on any atom is -0.383 e. The maximum absolute atomic E-state index is 12.4. The molecule has 2 aromatic heterocycles. The van der Waals surface area contributed by atoms with E-state index in [1.54, 1.807) is 24.4 Å². The summed E-state index contributed by atoms with van der Waals surface area (Å²) < 4.78 is 5.14. The average molecular weight is 349 g/mol. The second-order valence-electron chi connectivity index (χ2n) is 6.52. The lowest BCUT2D eigenvalue weighted by atomic mass is 9.79. The summed E-state index contributed by atoms with van der Waals surface area (Å²) >= 11 is 0. The van der Waals surface area contributed by atoms with Crippen LogP contribution in [0.3, 0.4) is 0 Å². The van der Waals surface area contributed by atoms with Gasteiger partial charge < -0.3 is 14.9 Å². The van der Waals surface area contributed by atoms with Crippen LogP contribution >= 0.6 is 0 Å². The average Bonchev–Trinajstić information content (AvgIpc) is 3.18. The monoisotopic (exact) mass is 349 g/mol. The molecule has 2 heterocycles. The summed E-state index contributed by atoms with van der Waals surface area (Å²) in [5, 5.41) is 17.7. The zero-order chi connectivity index (χ0) is 18.0. The van der Waals surface area contributed by atoms with Gasteiger partial charge in [0.1, 0.15) is 11.3 Å². The van der Waals surface area contributed by atoms with Crippen molar-refractivity contribution in [3.8, 4) is 11.4 Å². The van der Waals surface area contributed by atoms with E-state index in [4.69, 9.17) is 4.52 Å². The van der Waals surface area contributed by atoms with Gasteiger partial charge in [0.25, 0.3) is 5.91 Å². The van der Waals surface area contributed by atoms with E-state index in [-0.39, 0.29) is 12.3 Å². The number of aromatic nitrogens is 2. The molecule has 0 saturated heterocycles. The number of nitrogens with zero attached hydrogens (tertiary/aromatic N) is 2. The van der Waals surface area contributed by atoms with Crippen molar-refractivity contribution in [2.75, 3.05) is 6.54 Å². The third kappa shape index (κ3) is 3.11. The normalized spacial score (nSPS) is 19.0. The first-order valence-electron chi connectivity index (χ1n) is 8.63. The Labute approximate surface area is 150 Å².